The number of carbonyl (C=O) groups is 2. The Balaban J connectivity index is 3.14. The molecule has 0 atom stereocenters. The van der Waals surface area contributed by atoms with E-state index in [0.29, 0.717) is 42.7 Å². The molecule has 0 unspecified atom stereocenters. The van der Waals surface area contributed by atoms with Crippen LogP contribution < -0.4 is 9.47 Å². The zero-order valence-corrected chi connectivity index (χ0v) is 20.1. The topological polar surface area (TPSA) is 68.3 Å². The van der Waals surface area contributed by atoms with Gasteiger partial charge in [0.1, 0.15) is 12.1 Å². The number of carbonyl (C=O) groups excluding carboxylic acids is 2. The SMILES string of the molecule is COc1cc(C(=O)N(CCN(C)C)CC(=O)OC(C)(C)C)cc(Cl)c1OCC(C)C. The fourth-order valence-corrected chi connectivity index (χ4v) is 2.78. The van der Waals surface area contributed by atoms with Crippen molar-refractivity contribution in [3.8, 4) is 11.5 Å². The highest BCUT2D eigenvalue weighted by atomic mass is 35.5. The maximum atomic E-state index is 13.2. The van der Waals surface area contributed by atoms with E-state index in [0.717, 1.165) is 0 Å². The Morgan fingerprint density at radius 3 is 2.27 bits per heavy atom. The van der Waals surface area contributed by atoms with Gasteiger partial charge in [-0.2, -0.15) is 0 Å². The van der Waals surface area contributed by atoms with Gasteiger partial charge >= 0.3 is 5.97 Å². The molecule has 7 nitrogen and oxygen atoms in total. The number of likely N-dealkylation sites (N-methyl/N-ethyl adjacent to an activating group) is 1. The lowest BCUT2D eigenvalue weighted by Crippen LogP contribution is -2.42. The van der Waals surface area contributed by atoms with Gasteiger partial charge in [-0.15, -0.1) is 0 Å². The highest BCUT2D eigenvalue weighted by molar-refractivity contribution is 6.32. The zero-order chi connectivity index (χ0) is 23.1. The van der Waals surface area contributed by atoms with Crippen molar-refractivity contribution >= 4 is 23.5 Å². The molecule has 0 bridgehead atoms. The van der Waals surface area contributed by atoms with Gasteiger partial charge in [-0.05, 0) is 52.9 Å². The Kier molecular flexibility index (Phi) is 9.91. The maximum absolute atomic E-state index is 13.2. The van der Waals surface area contributed by atoms with Crippen LogP contribution in [0.5, 0.6) is 11.5 Å². The van der Waals surface area contributed by atoms with E-state index in [1.165, 1.54) is 12.0 Å². The van der Waals surface area contributed by atoms with E-state index in [-0.39, 0.29) is 17.5 Å². The quantitative estimate of drug-likeness (QED) is 0.514. The lowest BCUT2D eigenvalue weighted by Gasteiger charge is -2.26. The van der Waals surface area contributed by atoms with Crippen LogP contribution in [-0.2, 0) is 9.53 Å². The van der Waals surface area contributed by atoms with Gasteiger partial charge in [-0.1, -0.05) is 25.4 Å². The minimum Gasteiger partial charge on any atom is -0.493 e. The largest absolute Gasteiger partial charge is 0.493 e. The number of hydrogen-bond acceptors (Lipinski definition) is 6. The minimum atomic E-state index is -0.630. The second kappa shape index (κ2) is 11.4. The first-order valence-electron chi connectivity index (χ1n) is 10.00. The summed E-state index contributed by atoms with van der Waals surface area (Å²) < 4.78 is 16.5. The Morgan fingerprint density at radius 2 is 1.77 bits per heavy atom. The standard InChI is InChI=1S/C22H35ClN2O5/c1-15(2)14-29-20-17(23)11-16(12-18(20)28-8)21(27)25(10-9-24(6)7)13-19(26)30-22(3,4)5/h11-12,15H,9-10,13-14H2,1-8H3. The van der Waals surface area contributed by atoms with Crippen molar-refractivity contribution in [2.24, 2.45) is 5.92 Å². The van der Waals surface area contributed by atoms with Gasteiger partial charge in [0.05, 0.1) is 18.7 Å². The van der Waals surface area contributed by atoms with Crippen LogP contribution in [0.3, 0.4) is 0 Å². The van der Waals surface area contributed by atoms with E-state index >= 15 is 0 Å². The van der Waals surface area contributed by atoms with Crippen LogP contribution in [0.4, 0.5) is 0 Å². The molecule has 0 spiro atoms. The van der Waals surface area contributed by atoms with Gasteiger partial charge in [0.15, 0.2) is 11.5 Å². The van der Waals surface area contributed by atoms with Crippen molar-refractivity contribution in [2.75, 3.05) is 47.4 Å². The third-order valence-electron chi connectivity index (χ3n) is 3.88. The number of ether oxygens (including phenoxy) is 3. The molecular formula is C22H35ClN2O5. The smallest absolute Gasteiger partial charge is 0.326 e. The molecule has 0 aliphatic heterocycles. The predicted octanol–water partition coefficient (Wildman–Crippen LogP) is 3.73. The Bertz CT molecular complexity index is 729. The first-order valence-corrected chi connectivity index (χ1v) is 10.4. The van der Waals surface area contributed by atoms with Crippen LogP contribution in [0.25, 0.3) is 0 Å². The van der Waals surface area contributed by atoms with Crippen molar-refractivity contribution in [1.29, 1.82) is 0 Å². The molecule has 0 aromatic heterocycles. The molecule has 1 amide bonds. The molecule has 0 fully saturated rings. The van der Waals surface area contributed by atoms with E-state index in [1.54, 1.807) is 32.9 Å². The summed E-state index contributed by atoms with van der Waals surface area (Å²) in [5.74, 6) is 0.276. The lowest BCUT2D eigenvalue weighted by molar-refractivity contribution is -0.155. The summed E-state index contributed by atoms with van der Waals surface area (Å²) >= 11 is 6.39. The summed E-state index contributed by atoms with van der Waals surface area (Å²) in [5.41, 5.74) is -0.314. The van der Waals surface area contributed by atoms with Crippen molar-refractivity contribution in [2.45, 2.75) is 40.2 Å². The first kappa shape index (κ1) is 26.0. The van der Waals surface area contributed by atoms with Crippen molar-refractivity contribution in [3.63, 3.8) is 0 Å². The van der Waals surface area contributed by atoms with Crippen LogP contribution in [0, 0.1) is 5.92 Å². The molecule has 0 radical (unpaired) electrons. The summed E-state index contributed by atoms with van der Waals surface area (Å²) in [5, 5.41) is 0.281. The highest BCUT2D eigenvalue weighted by Gasteiger charge is 2.25. The van der Waals surface area contributed by atoms with Crippen molar-refractivity contribution in [1.82, 2.24) is 9.80 Å². The average molecular weight is 443 g/mol. The van der Waals surface area contributed by atoms with Crippen LogP contribution in [0.15, 0.2) is 12.1 Å². The number of amides is 1. The number of benzene rings is 1. The van der Waals surface area contributed by atoms with Crippen LogP contribution in [-0.4, -0.2) is 74.7 Å². The third kappa shape index (κ3) is 8.79. The molecule has 0 aliphatic rings. The molecule has 0 saturated heterocycles. The summed E-state index contributed by atoms with van der Waals surface area (Å²) in [6.07, 6.45) is 0. The number of hydrogen-bond donors (Lipinski definition) is 0. The number of halogens is 1. The molecule has 170 valence electrons. The van der Waals surface area contributed by atoms with Gasteiger partial charge in [0, 0.05) is 18.7 Å². The van der Waals surface area contributed by atoms with Crippen LogP contribution >= 0.6 is 11.6 Å². The fourth-order valence-electron chi connectivity index (χ4n) is 2.52. The monoisotopic (exact) mass is 442 g/mol. The Morgan fingerprint density at radius 1 is 1.13 bits per heavy atom. The van der Waals surface area contributed by atoms with Crippen LogP contribution in [0.2, 0.25) is 5.02 Å². The van der Waals surface area contributed by atoms with E-state index in [4.69, 9.17) is 25.8 Å². The number of esters is 1. The van der Waals surface area contributed by atoms with Gasteiger partial charge < -0.3 is 24.0 Å². The maximum Gasteiger partial charge on any atom is 0.326 e. The lowest BCUT2D eigenvalue weighted by atomic mass is 10.1. The van der Waals surface area contributed by atoms with Crippen molar-refractivity contribution < 1.29 is 23.8 Å². The third-order valence-corrected chi connectivity index (χ3v) is 4.16. The summed E-state index contributed by atoms with van der Waals surface area (Å²) in [7, 11) is 5.29. The Labute approximate surface area is 185 Å². The summed E-state index contributed by atoms with van der Waals surface area (Å²) in [4.78, 5) is 28.9. The molecule has 1 aromatic carbocycles. The second-order valence-electron chi connectivity index (χ2n) is 8.81. The number of nitrogens with zero attached hydrogens (tertiary/aromatic N) is 2. The Hall–Kier alpha value is -1.99. The van der Waals surface area contributed by atoms with E-state index < -0.39 is 11.6 Å². The first-order chi connectivity index (χ1) is 13.8. The summed E-state index contributed by atoms with van der Waals surface area (Å²) in [6, 6.07) is 3.13. The van der Waals surface area contributed by atoms with E-state index in [9.17, 15) is 9.59 Å². The second-order valence-corrected chi connectivity index (χ2v) is 9.22. The molecule has 0 aliphatic carbocycles. The number of methoxy groups -OCH3 is 1. The summed E-state index contributed by atoms with van der Waals surface area (Å²) in [6.45, 7) is 10.7. The van der Waals surface area contributed by atoms with Crippen LogP contribution in [0.1, 0.15) is 45.0 Å². The van der Waals surface area contributed by atoms with Gasteiger partial charge in [0.25, 0.3) is 5.91 Å². The zero-order valence-electron chi connectivity index (χ0n) is 19.4. The fraction of sp³-hybridized carbons (Fsp3) is 0.636. The molecule has 0 saturated carbocycles. The van der Waals surface area contributed by atoms with E-state index in [1.807, 2.05) is 32.8 Å². The molecule has 0 heterocycles. The molecule has 30 heavy (non-hydrogen) atoms. The molecule has 0 N–H and O–H groups in total. The van der Waals surface area contributed by atoms with Gasteiger partial charge in [-0.25, -0.2) is 0 Å². The molecule has 1 aromatic rings. The van der Waals surface area contributed by atoms with E-state index in [2.05, 4.69) is 0 Å². The number of rotatable bonds is 10. The molecule has 1 rings (SSSR count). The van der Waals surface area contributed by atoms with Crippen molar-refractivity contribution in [3.05, 3.63) is 22.7 Å². The normalized spacial score (nSPS) is 11.6. The van der Waals surface area contributed by atoms with Gasteiger partial charge in [0.2, 0.25) is 0 Å². The van der Waals surface area contributed by atoms with Gasteiger partial charge in [-0.3, -0.25) is 9.59 Å². The molecule has 8 heteroatoms. The average Bonchev–Trinajstić information content (AvgIpc) is 2.61. The molecular weight excluding hydrogens is 408 g/mol. The minimum absolute atomic E-state index is 0.157. The predicted molar refractivity (Wildman–Crippen MR) is 119 cm³/mol. The highest BCUT2D eigenvalue weighted by Crippen LogP contribution is 2.37.